The molecule has 0 aliphatic heterocycles. The molecule has 2 aromatic rings. The molecule has 1 aromatic heterocycles. The quantitative estimate of drug-likeness (QED) is 0.850. The molecule has 1 heterocycles. The second-order valence-electron chi connectivity index (χ2n) is 4.03. The first-order chi connectivity index (χ1) is 8.58. The van der Waals surface area contributed by atoms with E-state index in [1.165, 1.54) is 6.07 Å². The highest BCUT2D eigenvalue weighted by atomic mass is 19.1. The van der Waals surface area contributed by atoms with Gasteiger partial charge in [-0.05, 0) is 23.8 Å². The average molecular weight is 249 g/mol. The van der Waals surface area contributed by atoms with Crippen molar-refractivity contribution in [2.75, 3.05) is 17.7 Å². The zero-order valence-electron chi connectivity index (χ0n) is 9.90. The van der Waals surface area contributed by atoms with E-state index < -0.39 is 11.6 Å². The normalized spacial score (nSPS) is 10.4. The van der Waals surface area contributed by atoms with Crippen LogP contribution in [0.4, 0.5) is 20.2 Å². The predicted molar refractivity (Wildman–Crippen MR) is 67.1 cm³/mol. The van der Waals surface area contributed by atoms with Crippen LogP contribution < -0.4 is 10.6 Å². The maximum absolute atomic E-state index is 13.3. The first-order valence-electron chi connectivity index (χ1n) is 5.42. The van der Waals surface area contributed by atoms with Crippen molar-refractivity contribution in [2.45, 2.75) is 6.54 Å². The highest BCUT2D eigenvalue weighted by molar-refractivity contribution is 5.68. The minimum Gasteiger partial charge on any atom is -0.395 e. The number of benzene rings is 1. The predicted octanol–water partition coefficient (Wildman–Crippen LogP) is 2.58. The van der Waals surface area contributed by atoms with Crippen molar-refractivity contribution in [3.8, 4) is 0 Å². The molecule has 1 aromatic carbocycles. The van der Waals surface area contributed by atoms with Crippen molar-refractivity contribution in [2.24, 2.45) is 0 Å². The summed E-state index contributed by atoms with van der Waals surface area (Å²) < 4.78 is 26.5. The molecular weight excluding hydrogens is 236 g/mol. The second kappa shape index (κ2) is 5.00. The fraction of sp³-hybridized carbons (Fsp3) is 0.154. The largest absolute Gasteiger partial charge is 0.395 e. The smallest absolute Gasteiger partial charge is 0.151 e. The lowest BCUT2D eigenvalue weighted by Gasteiger charge is -2.21. The molecule has 2 rings (SSSR count). The van der Waals surface area contributed by atoms with Gasteiger partial charge in [-0.15, -0.1) is 0 Å². The fourth-order valence-electron chi connectivity index (χ4n) is 1.73. The number of nitrogen functional groups attached to an aromatic ring is 1. The lowest BCUT2D eigenvalue weighted by atomic mass is 10.2. The summed E-state index contributed by atoms with van der Waals surface area (Å²) in [7, 11) is 1.73. The van der Waals surface area contributed by atoms with Crippen LogP contribution in [0, 0.1) is 11.6 Å². The van der Waals surface area contributed by atoms with E-state index in [1.54, 1.807) is 24.3 Å². The SMILES string of the molecule is CN(Cc1ccncc1)c1cc(F)cc(F)c1N. The van der Waals surface area contributed by atoms with Gasteiger partial charge >= 0.3 is 0 Å². The zero-order valence-corrected chi connectivity index (χ0v) is 9.90. The van der Waals surface area contributed by atoms with Crippen molar-refractivity contribution in [1.82, 2.24) is 4.98 Å². The Kier molecular flexibility index (Phi) is 3.41. The number of nitrogens with two attached hydrogens (primary N) is 1. The molecule has 0 amide bonds. The summed E-state index contributed by atoms with van der Waals surface area (Å²) in [5.41, 5.74) is 6.88. The van der Waals surface area contributed by atoms with Crippen LogP contribution in [0.15, 0.2) is 36.7 Å². The number of aromatic nitrogens is 1. The molecule has 2 N–H and O–H groups in total. The van der Waals surface area contributed by atoms with Crippen LogP contribution >= 0.6 is 0 Å². The fourth-order valence-corrected chi connectivity index (χ4v) is 1.73. The molecular formula is C13H13F2N3. The zero-order chi connectivity index (χ0) is 13.1. The number of pyridine rings is 1. The number of halogens is 2. The lowest BCUT2D eigenvalue weighted by Crippen LogP contribution is -2.18. The summed E-state index contributed by atoms with van der Waals surface area (Å²) >= 11 is 0. The molecule has 0 fully saturated rings. The van der Waals surface area contributed by atoms with Crippen LogP contribution in [-0.2, 0) is 6.54 Å². The molecule has 0 unspecified atom stereocenters. The van der Waals surface area contributed by atoms with Crippen LogP contribution in [0.5, 0.6) is 0 Å². The molecule has 0 saturated carbocycles. The van der Waals surface area contributed by atoms with Crippen LogP contribution in [0.2, 0.25) is 0 Å². The number of rotatable bonds is 3. The Balaban J connectivity index is 2.26. The maximum atomic E-state index is 13.3. The van der Waals surface area contributed by atoms with Crippen LogP contribution in [-0.4, -0.2) is 12.0 Å². The Morgan fingerprint density at radius 3 is 2.56 bits per heavy atom. The monoisotopic (exact) mass is 249 g/mol. The summed E-state index contributed by atoms with van der Waals surface area (Å²) in [6.45, 7) is 0.496. The van der Waals surface area contributed by atoms with Gasteiger partial charge in [0.15, 0.2) is 5.82 Å². The van der Waals surface area contributed by atoms with E-state index in [1.807, 2.05) is 12.1 Å². The second-order valence-corrected chi connectivity index (χ2v) is 4.03. The first-order valence-corrected chi connectivity index (χ1v) is 5.42. The number of anilines is 2. The van der Waals surface area contributed by atoms with Gasteiger partial charge in [0.25, 0.3) is 0 Å². The molecule has 18 heavy (non-hydrogen) atoms. The van der Waals surface area contributed by atoms with Crippen LogP contribution in [0.25, 0.3) is 0 Å². The summed E-state index contributed by atoms with van der Waals surface area (Å²) in [4.78, 5) is 5.60. The van der Waals surface area contributed by atoms with Gasteiger partial charge in [0.1, 0.15) is 5.82 Å². The third-order valence-electron chi connectivity index (χ3n) is 2.65. The minimum absolute atomic E-state index is 0.0482. The van der Waals surface area contributed by atoms with Gasteiger partial charge in [0, 0.05) is 32.1 Å². The minimum atomic E-state index is -0.744. The highest BCUT2D eigenvalue weighted by Crippen LogP contribution is 2.27. The van der Waals surface area contributed by atoms with Gasteiger partial charge in [-0.1, -0.05) is 0 Å². The number of hydrogen-bond acceptors (Lipinski definition) is 3. The van der Waals surface area contributed by atoms with Gasteiger partial charge in [-0.3, -0.25) is 4.98 Å². The van der Waals surface area contributed by atoms with E-state index >= 15 is 0 Å². The molecule has 5 heteroatoms. The van der Waals surface area contributed by atoms with Gasteiger partial charge < -0.3 is 10.6 Å². The van der Waals surface area contributed by atoms with Crippen molar-refractivity contribution < 1.29 is 8.78 Å². The molecule has 0 bridgehead atoms. The molecule has 0 aliphatic carbocycles. The van der Waals surface area contributed by atoms with E-state index in [0.29, 0.717) is 12.2 Å². The van der Waals surface area contributed by atoms with Gasteiger partial charge in [0.05, 0.1) is 11.4 Å². The van der Waals surface area contributed by atoms with Gasteiger partial charge in [0.2, 0.25) is 0 Å². The summed E-state index contributed by atoms with van der Waals surface area (Å²) in [6.07, 6.45) is 3.33. The Hall–Kier alpha value is -2.17. The molecule has 0 spiro atoms. The summed E-state index contributed by atoms with van der Waals surface area (Å²) in [5.74, 6) is -1.38. The molecule has 0 saturated heterocycles. The van der Waals surface area contributed by atoms with Crippen LogP contribution in [0.3, 0.4) is 0 Å². The standard InChI is InChI=1S/C13H13F2N3/c1-18(8-9-2-4-17-5-3-9)12-7-10(14)6-11(15)13(12)16/h2-7H,8,16H2,1H3. The van der Waals surface area contributed by atoms with Gasteiger partial charge in [-0.2, -0.15) is 0 Å². The first kappa shape index (κ1) is 12.3. The molecule has 3 nitrogen and oxygen atoms in total. The number of hydrogen-bond donors (Lipinski definition) is 1. The maximum Gasteiger partial charge on any atom is 0.151 e. The Bertz CT molecular complexity index is 543. The third kappa shape index (κ3) is 2.56. The van der Waals surface area contributed by atoms with Crippen molar-refractivity contribution in [1.29, 1.82) is 0 Å². The van der Waals surface area contributed by atoms with E-state index in [4.69, 9.17) is 5.73 Å². The Labute approximate surface area is 104 Å². The molecule has 94 valence electrons. The average Bonchev–Trinajstić information content (AvgIpc) is 2.35. The highest BCUT2D eigenvalue weighted by Gasteiger charge is 2.12. The van der Waals surface area contributed by atoms with E-state index in [0.717, 1.165) is 11.6 Å². The third-order valence-corrected chi connectivity index (χ3v) is 2.65. The van der Waals surface area contributed by atoms with Crippen molar-refractivity contribution >= 4 is 11.4 Å². The molecule has 0 aliphatic rings. The topological polar surface area (TPSA) is 42.2 Å². The Morgan fingerprint density at radius 1 is 1.22 bits per heavy atom. The summed E-state index contributed by atoms with van der Waals surface area (Å²) in [5, 5.41) is 0. The molecule has 0 atom stereocenters. The van der Waals surface area contributed by atoms with E-state index in [2.05, 4.69) is 4.98 Å². The summed E-state index contributed by atoms with van der Waals surface area (Å²) in [6, 6.07) is 5.67. The van der Waals surface area contributed by atoms with E-state index in [9.17, 15) is 8.78 Å². The lowest BCUT2D eigenvalue weighted by molar-refractivity contribution is 0.585. The van der Waals surface area contributed by atoms with E-state index in [-0.39, 0.29) is 5.69 Å². The van der Waals surface area contributed by atoms with Crippen molar-refractivity contribution in [3.05, 3.63) is 53.9 Å². The van der Waals surface area contributed by atoms with Crippen molar-refractivity contribution in [3.63, 3.8) is 0 Å². The Morgan fingerprint density at radius 2 is 1.89 bits per heavy atom. The van der Waals surface area contributed by atoms with Crippen LogP contribution in [0.1, 0.15) is 5.56 Å². The van der Waals surface area contributed by atoms with Gasteiger partial charge in [-0.25, -0.2) is 8.78 Å². The number of nitrogens with zero attached hydrogens (tertiary/aromatic N) is 2. The molecule has 0 radical (unpaired) electrons.